The Kier molecular flexibility index (Phi) is 3.90. The largest absolute Gasteiger partial charge is 0.366 e. The van der Waals surface area contributed by atoms with Gasteiger partial charge < -0.3 is 4.74 Å². The van der Waals surface area contributed by atoms with Crippen LogP contribution in [0.25, 0.3) is 0 Å². The van der Waals surface area contributed by atoms with Gasteiger partial charge in [-0.1, -0.05) is 29.3 Å². The van der Waals surface area contributed by atoms with Gasteiger partial charge in [0.1, 0.15) is 6.10 Å². The number of hydrogen-bond acceptors (Lipinski definition) is 4. The number of carbonyl (C=O) groups is 2. The molecule has 1 aromatic rings. The van der Waals surface area contributed by atoms with Crippen molar-refractivity contribution in [2.45, 2.75) is 19.1 Å². The summed E-state index contributed by atoms with van der Waals surface area (Å²) in [5.41, 5.74) is 0.803. The molecule has 0 unspecified atom stereocenters. The molecule has 2 aliphatic carbocycles. The van der Waals surface area contributed by atoms with Crippen LogP contribution in [0.5, 0.6) is 0 Å². The molecule has 3 rings (SSSR count). The van der Waals surface area contributed by atoms with E-state index in [2.05, 4.69) is 4.94 Å². The van der Waals surface area contributed by atoms with E-state index >= 15 is 0 Å². The van der Waals surface area contributed by atoms with Crippen molar-refractivity contribution < 1.29 is 23.8 Å². The first-order chi connectivity index (χ1) is 10.0. The predicted molar refractivity (Wildman–Crippen MR) is 72.3 cm³/mol. The maximum absolute atomic E-state index is 12.0. The second-order valence-electron chi connectivity index (χ2n) is 5.30. The highest BCUT2D eigenvalue weighted by Crippen LogP contribution is 2.56. The molecular formula is C14H11Cl2FO4. The standard InChI is InChI=1S/C14H11Cl2FO4/c15-8-2-1-6(3-9(8)16)5-20-10-4-7-11(13(10)18)12(7)14(19)21-17/h1-3,7,10-12H,4-5H2/t7-,10-,11-,12-/m1/s1. The van der Waals surface area contributed by atoms with Gasteiger partial charge >= 0.3 is 5.97 Å². The van der Waals surface area contributed by atoms with Crippen molar-refractivity contribution in [3.63, 3.8) is 0 Å². The van der Waals surface area contributed by atoms with E-state index in [1.807, 2.05) is 0 Å². The van der Waals surface area contributed by atoms with Crippen LogP contribution in [0.1, 0.15) is 12.0 Å². The molecule has 4 nitrogen and oxygen atoms in total. The van der Waals surface area contributed by atoms with Gasteiger partial charge in [-0.3, -0.25) is 9.74 Å². The maximum Gasteiger partial charge on any atom is 0.352 e. The van der Waals surface area contributed by atoms with E-state index in [9.17, 15) is 14.1 Å². The second-order valence-corrected chi connectivity index (χ2v) is 6.11. The normalized spacial score (nSPS) is 30.1. The molecule has 0 radical (unpaired) electrons. The smallest absolute Gasteiger partial charge is 0.352 e. The first kappa shape index (κ1) is 14.8. The third-order valence-electron chi connectivity index (χ3n) is 4.08. The number of fused-ring (bicyclic) bond motifs is 1. The third kappa shape index (κ3) is 2.65. The van der Waals surface area contributed by atoms with Gasteiger partial charge in [0.2, 0.25) is 0 Å². The molecule has 0 saturated heterocycles. The predicted octanol–water partition coefficient (Wildman–Crippen LogP) is 3.14. The Morgan fingerprint density at radius 3 is 2.67 bits per heavy atom. The molecule has 7 heteroatoms. The van der Waals surface area contributed by atoms with Gasteiger partial charge in [0.25, 0.3) is 0 Å². The van der Waals surface area contributed by atoms with E-state index in [0.717, 1.165) is 5.56 Å². The average Bonchev–Trinajstić information content (AvgIpc) is 3.10. The van der Waals surface area contributed by atoms with Crippen LogP contribution in [0.3, 0.4) is 0 Å². The lowest BCUT2D eigenvalue weighted by atomic mass is 10.1. The fraction of sp³-hybridized carbons (Fsp3) is 0.429. The zero-order valence-electron chi connectivity index (χ0n) is 10.7. The number of Topliss-reactive ketones (excluding diaryl/α,β-unsaturated/α-hetero) is 1. The van der Waals surface area contributed by atoms with Gasteiger partial charge in [-0.15, -0.1) is 0 Å². The van der Waals surface area contributed by atoms with E-state index in [1.165, 1.54) is 0 Å². The molecule has 1 aromatic carbocycles. The molecule has 0 N–H and O–H groups in total. The average molecular weight is 333 g/mol. The summed E-state index contributed by atoms with van der Waals surface area (Å²) in [6.07, 6.45) is -0.136. The maximum atomic E-state index is 12.0. The van der Waals surface area contributed by atoms with E-state index < -0.39 is 23.9 Å². The van der Waals surface area contributed by atoms with E-state index in [1.54, 1.807) is 18.2 Å². The number of benzene rings is 1. The fourth-order valence-corrected chi connectivity index (χ4v) is 3.30. The highest BCUT2D eigenvalue weighted by molar-refractivity contribution is 6.42. The van der Waals surface area contributed by atoms with Crippen LogP contribution in [0, 0.1) is 17.8 Å². The van der Waals surface area contributed by atoms with Gasteiger partial charge in [0.15, 0.2) is 5.78 Å². The van der Waals surface area contributed by atoms with Crippen LogP contribution in [0.15, 0.2) is 18.2 Å². The number of ketones is 1. The zero-order chi connectivity index (χ0) is 15.1. The Morgan fingerprint density at radius 1 is 1.33 bits per heavy atom. The molecule has 21 heavy (non-hydrogen) atoms. The monoisotopic (exact) mass is 332 g/mol. The van der Waals surface area contributed by atoms with Crippen molar-refractivity contribution in [3.05, 3.63) is 33.8 Å². The summed E-state index contributed by atoms with van der Waals surface area (Å²) in [6, 6.07) is 5.09. The lowest BCUT2D eigenvalue weighted by Gasteiger charge is -2.14. The zero-order valence-corrected chi connectivity index (χ0v) is 12.2. The van der Waals surface area contributed by atoms with Crippen molar-refractivity contribution in [1.82, 2.24) is 0 Å². The molecule has 0 aromatic heterocycles. The Morgan fingerprint density at radius 2 is 2.10 bits per heavy atom. The van der Waals surface area contributed by atoms with Crippen molar-refractivity contribution >= 4 is 35.0 Å². The number of carbonyl (C=O) groups excluding carboxylic acids is 2. The summed E-state index contributed by atoms with van der Waals surface area (Å²) >= 11 is 11.7. The van der Waals surface area contributed by atoms with Crippen LogP contribution in [0.2, 0.25) is 10.0 Å². The molecule has 2 saturated carbocycles. The number of halogens is 3. The molecule has 0 aliphatic heterocycles. The summed E-state index contributed by atoms with van der Waals surface area (Å²) in [4.78, 5) is 26.3. The van der Waals surface area contributed by atoms with E-state index in [4.69, 9.17) is 27.9 Å². The SMILES string of the molecule is O=C(OF)[C@@H]1[C@@H]2C[C@@H](OCc3ccc(Cl)c(Cl)c3)C(=O)[C@H]21. The minimum absolute atomic E-state index is 0.153. The Labute approximate surface area is 130 Å². The molecule has 0 bridgehead atoms. The Hall–Kier alpha value is -1.17. The van der Waals surface area contributed by atoms with Crippen LogP contribution < -0.4 is 0 Å². The van der Waals surface area contributed by atoms with Gasteiger partial charge in [0, 0.05) is 10.4 Å². The van der Waals surface area contributed by atoms with Gasteiger partial charge in [0.05, 0.1) is 22.6 Å². The van der Waals surface area contributed by atoms with Crippen LogP contribution >= 0.6 is 23.2 Å². The van der Waals surface area contributed by atoms with Gasteiger partial charge in [-0.2, -0.15) is 0 Å². The molecule has 2 aliphatic rings. The molecule has 4 atom stereocenters. The lowest BCUT2D eigenvalue weighted by molar-refractivity contribution is -0.187. The summed E-state index contributed by atoms with van der Waals surface area (Å²) in [7, 11) is 0. The van der Waals surface area contributed by atoms with Crippen molar-refractivity contribution in [1.29, 1.82) is 0 Å². The lowest BCUT2D eigenvalue weighted by Crippen LogP contribution is -2.25. The Balaban J connectivity index is 1.56. The number of ether oxygens (including phenoxy) is 1. The van der Waals surface area contributed by atoms with Crippen molar-refractivity contribution in [2.24, 2.45) is 17.8 Å². The van der Waals surface area contributed by atoms with Crippen LogP contribution in [-0.4, -0.2) is 17.9 Å². The summed E-state index contributed by atoms with van der Waals surface area (Å²) < 4.78 is 17.4. The third-order valence-corrected chi connectivity index (χ3v) is 4.82. The number of hydrogen-bond donors (Lipinski definition) is 0. The van der Waals surface area contributed by atoms with Crippen molar-refractivity contribution in [3.8, 4) is 0 Å². The minimum Gasteiger partial charge on any atom is -0.366 e. The summed E-state index contributed by atoms with van der Waals surface area (Å²) in [6.45, 7) is 0.227. The molecule has 0 spiro atoms. The van der Waals surface area contributed by atoms with Gasteiger partial charge in [-0.25, -0.2) is 4.79 Å². The molecule has 0 amide bonds. The van der Waals surface area contributed by atoms with Crippen LogP contribution in [-0.2, 0) is 25.9 Å². The quantitative estimate of drug-likeness (QED) is 0.849. The van der Waals surface area contributed by atoms with Crippen LogP contribution in [0.4, 0.5) is 4.53 Å². The summed E-state index contributed by atoms with van der Waals surface area (Å²) in [5.74, 6) is -2.35. The minimum atomic E-state index is -0.957. The molecule has 0 heterocycles. The second kappa shape index (κ2) is 5.55. The summed E-state index contributed by atoms with van der Waals surface area (Å²) in [5, 5.41) is 0.871. The molecule has 112 valence electrons. The van der Waals surface area contributed by atoms with Crippen molar-refractivity contribution in [2.75, 3.05) is 0 Å². The molecule has 2 fully saturated rings. The fourth-order valence-electron chi connectivity index (χ4n) is 2.98. The number of rotatable bonds is 4. The Bertz CT molecular complexity index is 607. The van der Waals surface area contributed by atoms with E-state index in [0.29, 0.717) is 16.5 Å². The first-order valence-electron chi connectivity index (χ1n) is 6.44. The highest BCUT2D eigenvalue weighted by Gasteiger charge is 2.66. The topological polar surface area (TPSA) is 52.6 Å². The van der Waals surface area contributed by atoms with Gasteiger partial charge in [-0.05, 0) is 30.0 Å². The highest BCUT2D eigenvalue weighted by atomic mass is 35.5. The molecular weight excluding hydrogens is 322 g/mol. The first-order valence-corrected chi connectivity index (χ1v) is 7.20. The van der Waals surface area contributed by atoms with E-state index in [-0.39, 0.29) is 18.3 Å².